The van der Waals surface area contributed by atoms with Gasteiger partial charge in [-0.25, -0.2) is 0 Å². The van der Waals surface area contributed by atoms with E-state index in [2.05, 4.69) is 0 Å². The van der Waals surface area contributed by atoms with Gasteiger partial charge in [0.15, 0.2) is 0 Å². The van der Waals surface area contributed by atoms with Gasteiger partial charge in [0, 0.05) is 9.79 Å². The van der Waals surface area contributed by atoms with Crippen LogP contribution in [0.15, 0.2) is 58.3 Å². The van der Waals surface area contributed by atoms with Crippen LogP contribution in [0.3, 0.4) is 0 Å². The molecular formula is C13H11O2S2-. The number of thioether (sulfide) groups is 1. The van der Waals surface area contributed by atoms with E-state index in [1.54, 1.807) is 30.0 Å². The molecule has 1 unspecified atom stereocenters. The molecule has 2 aromatic carbocycles. The number of benzene rings is 2. The van der Waals surface area contributed by atoms with Gasteiger partial charge in [0.2, 0.25) is 0 Å². The van der Waals surface area contributed by atoms with Crippen molar-refractivity contribution in [1.29, 1.82) is 0 Å². The molecule has 0 aliphatic heterocycles. The summed E-state index contributed by atoms with van der Waals surface area (Å²) in [6, 6.07) is 15.0. The van der Waals surface area contributed by atoms with Crippen LogP contribution in [0.5, 0.6) is 0 Å². The van der Waals surface area contributed by atoms with Gasteiger partial charge in [0.05, 0.1) is 0 Å². The maximum absolute atomic E-state index is 10.9. The molecule has 88 valence electrons. The van der Waals surface area contributed by atoms with E-state index in [0.29, 0.717) is 4.90 Å². The molecule has 0 N–H and O–H groups in total. The first kappa shape index (κ1) is 12.4. The highest BCUT2D eigenvalue weighted by Gasteiger charge is 2.00. The van der Waals surface area contributed by atoms with Crippen LogP contribution in [0.25, 0.3) is 11.1 Å². The van der Waals surface area contributed by atoms with Crippen molar-refractivity contribution >= 4 is 22.8 Å². The van der Waals surface area contributed by atoms with Gasteiger partial charge < -0.3 is 4.55 Å². The van der Waals surface area contributed by atoms with Crippen LogP contribution in [-0.4, -0.2) is 15.0 Å². The first-order chi connectivity index (χ1) is 8.20. The predicted octanol–water partition coefficient (Wildman–Crippen LogP) is 3.31. The van der Waals surface area contributed by atoms with Crippen LogP contribution < -0.4 is 0 Å². The molecule has 0 saturated heterocycles. The van der Waals surface area contributed by atoms with Gasteiger partial charge in [-0.3, -0.25) is 4.21 Å². The van der Waals surface area contributed by atoms with E-state index in [1.165, 1.54) is 4.90 Å². The van der Waals surface area contributed by atoms with Crippen molar-refractivity contribution in [2.24, 2.45) is 0 Å². The largest absolute Gasteiger partial charge is 0.768 e. The Morgan fingerprint density at radius 3 is 2.35 bits per heavy atom. The van der Waals surface area contributed by atoms with Crippen molar-refractivity contribution < 1.29 is 8.76 Å². The van der Waals surface area contributed by atoms with Crippen LogP contribution in [0.1, 0.15) is 0 Å². The molecule has 0 saturated carbocycles. The zero-order chi connectivity index (χ0) is 12.3. The number of hydrogen-bond acceptors (Lipinski definition) is 3. The zero-order valence-corrected chi connectivity index (χ0v) is 10.9. The Hall–Kier alpha value is -1.10. The molecule has 1 atom stereocenters. The molecule has 0 bridgehead atoms. The topological polar surface area (TPSA) is 40.1 Å². The molecule has 4 heteroatoms. The van der Waals surface area contributed by atoms with Gasteiger partial charge in [-0.15, -0.1) is 11.8 Å². The molecule has 0 aromatic heterocycles. The molecule has 2 aromatic rings. The summed E-state index contributed by atoms with van der Waals surface area (Å²) in [4.78, 5) is 1.51. The van der Waals surface area contributed by atoms with E-state index in [9.17, 15) is 8.76 Å². The van der Waals surface area contributed by atoms with Gasteiger partial charge in [-0.05, 0) is 52.7 Å². The van der Waals surface area contributed by atoms with Gasteiger partial charge in [0.25, 0.3) is 0 Å². The smallest absolute Gasteiger partial charge is 0.0254 e. The minimum Gasteiger partial charge on any atom is -0.768 e. The van der Waals surface area contributed by atoms with Crippen molar-refractivity contribution in [2.45, 2.75) is 9.79 Å². The summed E-state index contributed by atoms with van der Waals surface area (Å²) < 4.78 is 21.8. The Morgan fingerprint density at radius 2 is 1.76 bits per heavy atom. The molecule has 0 radical (unpaired) electrons. The maximum atomic E-state index is 10.9. The summed E-state index contributed by atoms with van der Waals surface area (Å²) in [7, 11) is 0. The summed E-state index contributed by atoms with van der Waals surface area (Å²) in [6.07, 6.45) is 2.02. The zero-order valence-electron chi connectivity index (χ0n) is 9.25. The number of hydrogen-bond donors (Lipinski definition) is 0. The average molecular weight is 263 g/mol. The highest BCUT2D eigenvalue weighted by molar-refractivity contribution is 7.98. The second-order valence-corrected chi connectivity index (χ2v) is 5.31. The van der Waals surface area contributed by atoms with E-state index in [-0.39, 0.29) is 0 Å². The summed E-state index contributed by atoms with van der Waals surface area (Å²) in [5.74, 6) is 0. The highest BCUT2D eigenvalue weighted by atomic mass is 32.2. The Bertz CT molecular complexity index is 535. The Labute approximate surface area is 107 Å². The Kier molecular flexibility index (Phi) is 3.99. The van der Waals surface area contributed by atoms with Crippen molar-refractivity contribution in [3.05, 3.63) is 48.5 Å². The molecule has 17 heavy (non-hydrogen) atoms. The Balaban J connectivity index is 2.38. The van der Waals surface area contributed by atoms with Crippen LogP contribution in [0.4, 0.5) is 0 Å². The molecule has 0 aliphatic rings. The summed E-state index contributed by atoms with van der Waals surface area (Å²) >= 11 is -0.491. The van der Waals surface area contributed by atoms with E-state index in [0.717, 1.165) is 11.1 Å². The molecule has 0 amide bonds. The molecule has 0 spiro atoms. The molecule has 0 heterocycles. The number of rotatable bonds is 3. The van der Waals surface area contributed by atoms with Gasteiger partial charge in [-0.2, -0.15) is 0 Å². The lowest BCUT2D eigenvalue weighted by Gasteiger charge is -2.08. The van der Waals surface area contributed by atoms with Crippen LogP contribution in [-0.2, 0) is 11.1 Å². The minimum absolute atomic E-state index is 0.316. The standard InChI is InChI=1S/C13H12O2S2/c1-16-12-7-5-10(6-8-12)11-3-2-4-13(9-11)17(14)15/h2-9H,1H3,(H,14,15)/p-1. The molecule has 2 nitrogen and oxygen atoms in total. The fourth-order valence-electron chi connectivity index (χ4n) is 1.56. The third-order valence-corrected chi connectivity index (χ3v) is 3.83. The SMILES string of the molecule is CSc1ccc(-c2cccc(S(=O)[O-])c2)cc1. The predicted molar refractivity (Wildman–Crippen MR) is 70.8 cm³/mol. The van der Waals surface area contributed by atoms with E-state index >= 15 is 0 Å². The van der Waals surface area contributed by atoms with Crippen LogP contribution >= 0.6 is 11.8 Å². The normalized spacial score (nSPS) is 12.4. The molecule has 0 aliphatic carbocycles. The fraction of sp³-hybridized carbons (Fsp3) is 0.0769. The van der Waals surface area contributed by atoms with E-state index in [1.807, 2.05) is 36.6 Å². The molecule has 0 fully saturated rings. The summed E-state index contributed by atoms with van der Waals surface area (Å²) in [6.45, 7) is 0. The van der Waals surface area contributed by atoms with Crippen molar-refractivity contribution in [3.63, 3.8) is 0 Å². The molecular weight excluding hydrogens is 252 g/mol. The van der Waals surface area contributed by atoms with Crippen molar-refractivity contribution in [1.82, 2.24) is 0 Å². The first-order valence-electron chi connectivity index (χ1n) is 5.04. The van der Waals surface area contributed by atoms with E-state index in [4.69, 9.17) is 0 Å². The second-order valence-electron chi connectivity index (χ2n) is 3.49. The third-order valence-electron chi connectivity index (χ3n) is 2.45. The lowest BCUT2D eigenvalue weighted by molar-refractivity contribution is 0.537. The van der Waals surface area contributed by atoms with Crippen molar-refractivity contribution in [2.75, 3.05) is 6.26 Å². The highest BCUT2D eigenvalue weighted by Crippen LogP contribution is 2.24. The van der Waals surface area contributed by atoms with Gasteiger partial charge in [-0.1, -0.05) is 24.3 Å². The second kappa shape index (κ2) is 5.49. The minimum atomic E-state index is -2.17. The fourth-order valence-corrected chi connectivity index (χ4v) is 2.38. The maximum Gasteiger partial charge on any atom is 0.0254 e. The Morgan fingerprint density at radius 1 is 1.06 bits per heavy atom. The van der Waals surface area contributed by atoms with Crippen LogP contribution in [0, 0.1) is 0 Å². The lowest BCUT2D eigenvalue weighted by Crippen LogP contribution is -1.88. The van der Waals surface area contributed by atoms with E-state index < -0.39 is 11.1 Å². The monoisotopic (exact) mass is 263 g/mol. The van der Waals surface area contributed by atoms with Crippen LogP contribution in [0.2, 0.25) is 0 Å². The first-order valence-corrected chi connectivity index (χ1v) is 7.34. The van der Waals surface area contributed by atoms with Gasteiger partial charge in [0.1, 0.15) is 0 Å². The molecule has 2 rings (SSSR count). The third kappa shape index (κ3) is 2.97. The lowest BCUT2D eigenvalue weighted by atomic mass is 10.1. The quantitative estimate of drug-likeness (QED) is 0.630. The van der Waals surface area contributed by atoms with Gasteiger partial charge >= 0.3 is 0 Å². The van der Waals surface area contributed by atoms with Crippen molar-refractivity contribution in [3.8, 4) is 11.1 Å². The average Bonchev–Trinajstić information content (AvgIpc) is 2.39. The summed E-state index contributed by atoms with van der Waals surface area (Å²) in [5.41, 5.74) is 1.94. The summed E-state index contributed by atoms with van der Waals surface area (Å²) in [5, 5.41) is 0.